The first-order valence-electron chi connectivity index (χ1n) is 4.85. The Morgan fingerprint density at radius 2 is 2.12 bits per heavy atom. The quantitative estimate of drug-likeness (QED) is 0.692. The SMILES string of the molecule is O=c1[nH]cnc2onc(-c3ccccc3F)c12. The lowest BCUT2D eigenvalue weighted by Gasteiger charge is -1.97. The van der Waals surface area contributed by atoms with Gasteiger partial charge in [-0.2, -0.15) is 0 Å². The van der Waals surface area contributed by atoms with Crippen molar-refractivity contribution in [1.29, 1.82) is 0 Å². The second kappa shape index (κ2) is 3.51. The van der Waals surface area contributed by atoms with E-state index in [-0.39, 0.29) is 22.4 Å². The van der Waals surface area contributed by atoms with Crippen LogP contribution in [0.2, 0.25) is 0 Å². The fourth-order valence-corrected chi connectivity index (χ4v) is 1.63. The maximum Gasteiger partial charge on any atom is 0.265 e. The monoisotopic (exact) mass is 231 g/mol. The third-order valence-electron chi connectivity index (χ3n) is 2.41. The molecule has 1 aromatic carbocycles. The second-order valence-electron chi connectivity index (χ2n) is 3.42. The summed E-state index contributed by atoms with van der Waals surface area (Å²) in [5.74, 6) is -0.467. The van der Waals surface area contributed by atoms with Crippen LogP contribution in [0.15, 0.2) is 39.9 Å². The molecule has 0 aliphatic heterocycles. The molecule has 0 aliphatic carbocycles. The molecule has 0 saturated carbocycles. The summed E-state index contributed by atoms with van der Waals surface area (Å²) in [6, 6.07) is 6.03. The van der Waals surface area contributed by atoms with Gasteiger partial charge >= 0.3 is 0 Å². The van der Waals surface area contributed by atoms with Gasteiger partial charge in [-0.25, -0.2) is 9.37 Å². The zero-order chi connectivity index (χ0) is 11.8. The van der Waals surface area contributed by atoms with Crippen molar-refractivity contribution in [2.24, 2.45) is 0 Å². The van der Waals surface area contributed by atoms with Crippen LogP contribution >= 0.6 is 0 Å². The maximum atomic E-state index is 13.6. The Bertz CT molecular complexity index is 748. The molecule has 17 heavy (non-hydrogen) atoms. The molecular weight excluding hydrogens is 225 g/mol. The van der Waals surface area contributed by atoms with E-state index >= 15 is 0 Å². The van der Waals surface area contributed by atoms with Crippen molar-refractivity contribution < 1.29 is 8.91 Å². The van der Waals surface area contributed by atoms with Gasteiger partial charge in [-0.15, -0.1) is 0 Å². The van der Waals surface area contributed by atoms with Gasteiger partial charge in [0.15, 0.2) is 0 Å². The van der Waals surface area contributed by atoms with Crippen LogP contribution < -0.4 is 5.56 Å². The van der Waals surface area contributed by atoms with Crippen molar-refractivity contribution in [2.75, 3.05) is 0 Å². The molecule has 1 N–H and O–H groups in total. The molecule has 0 unspecified atom stereocenters. The third-order valence-corrected chi connectivity index (χ3v) is 2.41. The number of hydrogen-bond acceptors (Lipinski definition) is 4. The number of nitrogens with zero attached hydrogens (tertiary/aromatic N) is 2. The molecule has 0 radical (unpaired) electrons. The highest BCUT2D eigenvalue weighted by molar-refractivity contribution is 5.88. The van der Waals surface area contributed by atoms with E-state index in [1.165, 1.54) is 18.5 Å². The van der Waals surface area contributed by atoms with Gasteiger partial charge in [-0.1, -0.05) is 17.3 Å². The minimum Gasteiger partial charge on any atom is -0.335 e. The van der Waals surface area contributed by atoms with Crippen LogP contribution in [0.5, 0.6) is 0 Å². The van der Waals surface area contributed by atoms with Crippen LogP contribution in [0.3, 0.4) is 0 Å². The Kier molecular flexibility index (Phi) is 2.01. The molecule has 6 heteroatoms. The van der Waals surface area contributed by atoms with Crippen molar-refractivity contribution in [2.45, 2.75) is 0 Å². The van der Waals surface area contributed by atoms with Crippen LogP contribution in [0.4, 0.5) is 4.39 Å². The van der Waals surface area contributed by atoms with E-state index in [0.29, 0.717) is 0 Å². The number of benzene rings is 1. The molecule has 84 valence electrons. The van der Waals surface area contributed by atoms with E-state index in [2.05, 4.69) is 15.1 Å². The van der Waals surface area contributed by atoms with Gasteiger partial charge in [0, 0.05) is 5.56 Å². The van der Waals surface area contributed by atoms with E-state index in [4.69, 9.17) is 4.52 Å². The Morgan fingerprint density at radius 1 is 1.29 bits per heavy atom. The fourth-order valence-electron chi connectivity index (χ4n) is 1.63. The summed E-state index contributed by atoms with van der Waals surface area (Å²) in [6.45, 7) is 0. The van der Waals surface area contributed by atoms with Crippen molar-refractivity contribution >= 4 is 11.1 Å². The van der Waals surface area contributed by atoms with Crippen molar-refractivity contribution in [3.63, 3.8) is 0 Å². The number of aromatic nitrogens is 3. The number of hydrogen-bond donors (Lipinski definition) is 1. The predicted octanol–water partition coefficient (Wildman–Crippen LogP) is 1.72. The first-order valence-corrected chi connectivity index (χ1v) is 4.85. The minimum atomic E-state index is -0.467. The number of rotatable bonds is 1. The normalized spacial score (nSPS) is 10.9. The van der Waals surface area contributed by atoms with E-state index in [1.807, 2.05) is 0 Å². The molecule has 3 aromatic rings. The van der Waals surface area contributed by atoms with E-state index in [1.54, 1.807) is 12.1 Å². The molecular formula is C11H6FN3O2. The van der Waals surface area contributed by atoms with Crippen molar-refractivity contribution in [3.8, 4) is 11.3 Å². The summed E-state index contributed by atoms with van der Waals surface area (Å²) in [5.41, 5.74) is 0.0544. The van der Waals surface area contributed by atoms with Gasteiger partial charge in [0.05, 0.1) is 6.33 Å². The van der Waals surface area contributed by atoms with Gasteiger partial charge in [0.25, 0.3) is 11.3 Å². The van der Waals surface area contributed by atoms with Crippen molar-refractivity contribution in [1.82, 2.24) is 15.1 Å². The zero-order valence-electron chi connectivity index (χ0n) is 8.48. The number of aromatic amines is 1. The molecule has 0 saturated heterocycles. The van der Waals surface area contributed by atoms with Crippen LogP contribution in [0.1, 0.15) is 0 Å². The smallest absolute Gasteiger partial charge is 0.265 e. The van der Waals surface area contributed by atoms with Gasteiger partial charge < -0.3 is 9.51 Å². The molecule has 0 amide bonds. The Hall–Kier alpha value is -2.50. The summed E-state index contributed by atoms with van der Waals surface area (Å²) in [5, 5.41) is 3.84. The highest BCUT2D eigenvalue weighted by atomic mass is 19.1. The largest absolute Gasteiger partial charge is 0.335 e. The lowest BCUT2D eigenvalue weighted by molar-refractivity contribution is 0.450. The summed E-state index contributed by atoms with van der Waals surface area (Å²) < 4.78 is 18.5. The Balaban J connectivity index is 2.40. The van der Waals surface area contributed by atoms with Crippen LogP contribution in [-0.2, 0) is 0 Å². The maximum absolute atomic E-state index is 13.6. The zero-order valence-corrected chi connectivity index (χ0v) is 8.48. The molecule has 0 atom stereocenters. The topological polar surface area (TPSA) is 71.8 Å². The lowest BCUT2D eigenvalue weighted by atomic mass is 10.1. The number of halogens is 1. The molecule has 0 bridgehead atoms. The molecule has 3 rings (SSSR count). The van der Waals surface area contributed by atoms with Crippen LogP contribution in [0.25, 0.3) is 22.4 Å². The van der Waals surface area contributed by atoms with Gasteiger partial charge in [-0.05, 0) is 12.1 Å². The first kappa shape index (κ1) is 9.71. The summed E-state index contributed by atoms with van der Waals surface area (Å²) in [4.78, 5) is 17.8. The second-order valence-corrected chi connectivity index (χ2v) is 3.42. The van der Waals surface area contributed by atoms with Crippen LogP contribution in [-0.4, -0.2) is 15.1 Å². The Labute approximate surface area is 93.9 Å². The molecule has 2 heterocycles. The highest BCUT2D eigenvalue weighted by Gasteiger charge is 2.17. The standard InChI is InChI=1S/C11H6FN3O2/c12-7-4-2-1-3-6(7)9-8-10(16)13-5-14-11(8)17-15-9/h1-5H,(H,13,14,16). The van der Waals surface area contributed by atoms with Crippen LogP contribution in [0, 0.1) is 5.82 Å². The first-order chi connectivity index (χ1) is 8.27. The summed E-state index contributed by atoms with van der Waals surface area (Å²) in [7, 11) is 0. The van der Waals surface area contributed by atoms with E-state index in [0.717, 1.165) is 0 Å². The number of nitrogens with one attached hydrogen (secondary N) is 1. The molecule has 0 aliphatic rings. The average Bonchev–Trinajstić information content (AvgIpc) is 2.75. The minimum absolute atomic E-state index is 0.0898. The highest BCUT2D eigenvalue weighted by Crippen LogP contribution is 2.25. The summed E-state index contributed by atoms with van der Waals surface area (Å²) in [6.07, 6.45) is 1.21. The molecule has 5 nitrogen and oxygen atoms in total. The predicted molar refractivity (Wildman–Crippen MR) is 57.8 cm³/mol. The van der Waals surface area contributed by atoms with Gasteiger partial charge in [-0.3, -0.25) is 4.79 Å². The number of H-pyrrole nitrogens is 1. The fraction of sp³-hybridized carbons (Fsp3) is 0. The lowest BCUT2D eigenvalue weighted by Crippen LogP contribution is -2.05. The van der Waals surface area contributed by atoms with E-state index < -0.39 is 11.4 Å². The van der Waals surface area contributed by atoms with E-state index in [9.17, 15) is 9.18 Å². The molecule has 2 aromatic heterocycles. The molecule has 0 spiro atoms. The molecule has 0 fully saturated rings. The van der Waals surface area contributed by atoms with Crippen molar-refractivity contribution in [3.05, 3.63) is 46.8 Å². The number of fused-ring (bicyclic) bond motifs is 1. The third kappa shape index (κ3) is 1.42. The Morgan fingerprint density at radius 3 is 2.94 bits per heavy atom. The average molecular weight is 231 g/mol. The summed E-state index contributed by atoms with van der Waals surface area (Å²) >= 11 is 0. The van der Waals surface area contributed by atoms with Gasteiger partial charge in [0.2, 0.25) is 0 Å². The van der Waals surface area contributed by atoms with Gasteiger partial charge in [0.1, 0.15) is 16.9 Å².